The molecule has 0 atom stereocenters. The lowest BCUT2D eigenvalue weighted by Crippen LogP contribution is -2.36. The van der Waals surface area contributed by atoms with E-state index in [0.717, 1.165) is 29.2 Å². The average molecular weight is 347 g/mol. The van der Waals surface area contributed by atoms with Gasteiger partial charge in [0, 0.05) is 18.7 Å². The zero-order valence-electron chi connectivity index (χ0n) is 15.1. The van der Waals surface area contributed by atoms with Crippen LogP contribution in [0.25, 0.3) is 0 Å². The number of hydrogen-bond donors (Lipinski definition) is 1. The van der Waals surface area contributed by atoms with Crippen molar-refractivity contribution in [2.45, 2.75) is 45.8 Å². The molecule has 136 valence electrons. The van der Waals surface area contributed by atoms with Gasteiger partial charge in [-0.05, 0) is 51.3 Å². The molecule has 7 nitrogen and oxygen atoms in total. The summed E-state index contributed by atoms with van der Waals surface area (Å²) in [7, 11) is 1.54. The Hall–Kier alpha value is -2.41. The third-order valence-electron chi connectivity index (χ3n) is 3.33. The number of anilines is 1. The van der Waals surface area contributed by atoms with Gasteiger partial charge in [-0.2, -0.15) is 0 Å². The van der Waals surface area contributed by atoms with Crippen LogP contribution in [0.1, 0.15) is 39.2 Å². The van der Waals surface area contributed by atoms with Crippen LogP contribution in [0.4, 0.5) is 10.5 Å². The largest absolute Gasteiger partial charge is 0.442 e. The van der Waals surface area contributed by atoms with Gasteiger partial charge in [-0.25, -0.2) is 4.79 Å². The monoisotopic (exact) mass is 347 g/mol. The minimum Gasteiger partial charge on any atom is -0.442 e. The van der Waals surface area contributed by atoms with Gasteiger partial charge in [0.05, 0.1) is 0 Å². The molecule has 1 aromatic rings. The maximum absolute atomic E-state index is 12.1. The number of carbonyl (C=O) groups excluding carboxylic acids is 2. The average Bonchev–Trinajstić information content (AvgIpc) is 3.36. The molecule has 1 saturated carbocycles. The molecular formula is C18H25N3O4. The molecule has 0 radical (unpaired) electrons. The summed E-state index contributed by atoms with van der Waals surface area (Å²) in [5.41, 5.74) is 0.976. The molecule has 2 rings (SSSR count). The van der Waals surface area contributed by atoms with Gasteiger partial charge in [0.2, 0.25) is 5.91 Å². The first-order valence-electron chi connectivity index (χ1n) is 8.26. The van der Waals surface area contributed by atoms with Gasteiger partial charge < -0.3 is 10.1 Å². The van der Waals surface area contributed by atoms with E-state index in [1.165, 1.54) is 13.4 Å². The molecule has 1 aliphatic carbocycles. The van der Waals surface area contributed by atoms with Crippen molar-refractivity contribution in [3.8, 4) is 0 Å². The number of nitrogens with one attached hydrogen (secondary N) is 1. The molecule has 0 unspecified atom stereocenters. The molecule has 0 saturated heterocycles. The molecule has 0 heterocycles. The predicted molar refractivity (Wildman–Crippen MR) is 95.1 cm³/mol. The predicted octanol–water partition coefficient (Wildman–Crippen LogP) is 3.36. The Kier molecular flexibility index (Phi) is 6.14. The van der Waals surface area contributed by atoms with Gasteiger partial charge in [0.1, 0.15) is 18.5 Å². The van der Waals surface area contributed by atoms with Gasteiger partial charge in [-0.3, -0.25) is 14.6 Å². The Bertz CT molecular complexity index is 631. The van der Waals surface area contributed by atoms with Crippen LogP contribution in [0.3, 0.4) is 0 Å². The molecule has 1 aliphatic rings. The zero-order chi connectivity index (χ0) is 18.4. The van der Waals surface area contributed by atoms with Gasteiger partial charge in [0.25, 0.3) is 0 Å². The fourth-order valence-electron chi connectivity index (χ4n) is 1.96. The standard InChI is InChI=1S/C18H25N3O4/c1-18(2,3)25-17(23)21(12-19-4)24-11-13-5-9-15(10-6-13)20-16(22)14-7-8-14/h5-6,9-10,12,14H,7-8,11H2,1-4H3,(H,20,22)/b19-12-. The Labute approximate surface area is 148 Å². The first-order chi connectivity index (χ1) is 11.8. The maximum atomic E-state index is 12.1. The second-order valence-electron chi connectivity index (χ2n) is 6.91. The minimum absolute atomic E-state index is 0.0688. The maximum Gasteiger partial charge on any atom is 0.440 e. The smallest absolute Gasteiger partial charge is 0.440 e. The third-order valence-corrected chi connectivity index (χ3v) is 3.33. The Morgan fingerprint density at radius 3 is 2.44 bits per heavy atom. The summed E-state index contributed by atoms with van der Waals surface area (Å²) in [6, 6.07) is 7.28. The van der Waals surface area contributed by atoms with E-state index in [4.69, 9.17) is 9.57 Å². The Morgan fingerprint density at radius 2 is 1.92 bits per heavy atom. The van der Waals surface area contributed by atoms with Crippen LogP contribution in [0.5, 0.6) is 0 Å². The van der Waals surface area contributed by atoms with E-state index >= 15 is 0 Å². The highest BCUT2D eigenvalue weighted by atomic mass is 16.7. The summed E-state index contributed by atoms with van der Waals surface area (Å²) in [6.45, 7) is 5.50. The van der Waals surface area contributed by atoms with Crippen molar-refractivity contribution in [2.75, 3.05) is 12.4 Å². The van der Waals surface area contributed by atoms with E-state index < -0.39 is 11.7 Å². The zero-order valence-corrected chi connectivity index (χ0v) is 15.1. The summed E-state index contributed by atoms with van der Waals surface area (Å²) in [5, 5.41) is 3.84. The number of nitrogens with zero attached hydrogens (tertiary/aromatic N) is 2. The first kappa shape index (κ1) is 18.9. The van der Waals surface area contributed by atoms with E-state index in [-0.39, 0.29) is 18.4 Å². The second-order valence-corrected chi connectivity index (χ2v) is 6.91. The third kappa shape index (κ3) is 6.54. The summed E-state index contributed by atoms with van der Waals surface area (Å²) in [4.78, 5) is 33.0. The van der Waals surface area contributed by atoms with Gasteiger partial charge in [0.15, 0.2) is 0 Å². The van der Waals surface area contributed by atoms with Crippen LogP contribution < -0.4 is 5.32 Å². The van der Waals surface area contributed by atoms with Crippen molar-refractivity contribution >= 4 is 24.0 Å². The SMILES string of the molecule is C/N=C\N(OCc1ccc(NC(=O)C2CC2)cc1)C(=O)OC(C)(C)C. The number of amides is 2. The first-order valence-corrected chi connectivity index (χ1v) is 8.26. The van der Waals surface area contributed by atoms with Crippen molar-refractivity contribution in [3.63, 3.8) is 0 Å². The van der Waals surface area contributed by atoms with Crippen LogP contribution in [0.15, 0.2) is 29.3 Å². The molecule has 0 aliphatic heterocycles. The van der Waals surface area contributed by atoms with Crippen LogP contribution in [0, 0.1) is 5.92 Å². The fourth-order valence-corrected chi connectivity index (χ4v) is 1.96. The Morgan fingerprint density at radius 1 is 1.28 bits per heavy atom. The number of carbonyl (C=O) groups is 2. The summed E-state index contributed by atoms with van der Waals surface area (Å²) >= 11 is 0. The molecule has 0 spiro atoms. The van der Waals surface area contributed by atoms with Crippen LogP contribution >= 0.6 is 0 Å². The highest BCUT2D eigenvalue weighted by molar-refractivity contribution is 5.94. The lowest BCUT2D eigenvalue weighted by atomic mass is 10.2. The van der Waals surface area contributed by atoms with Crippen molar-refractivity contribution < 1.29 is 19.2 Å². The van der Waals surface area contributed by atoms with Crippen molar-refractivity contribution in [1.82, 2.24) is 5.06 Å². The van der Waals surface area contributed by atoms with Gasteiger partial charge in [-0.15, -0.1) is 5.06 Å². The minimum atomic E-state index is -0.633. The van der Waals surface area contributed by atoms with Crippen molar-refractivity contribution in [2.24, 2.45) is 10.9 Å². The molecular weight excluding hydrogens is 322 g/mol. The highest BCUT2D eigenvalue weighted by Gasteiger charge is 2.29. The van der Waals surface area contributed by atoms with Crippen LogP contribution in [-0.4, -0.2) is 36.1 Å². The Balaban J connectivity index is 1.88. The number of rotatable bonds is 6. The number of hydroxylamine groups is 2. The van der Waals surface area contributed by atoms with Crippen LogP contribution in [0.2, 0.25) is 0 Å². The highest BCUT2D eigenvalue weighted by Crippen LogP contribution is 2.30. The molecule has 0 aromatic heterocycles. The van der Waals surface area contributed by atoms with E-state index in [1.54, 1.807) is 20.8 Å². The van der Waals surface area contributed by atoms with Gasteiger partial charge in [-0.1, -0.05) is 12.1 Å². The van der Waals surface area contributed by atoms with E-state index in [2.05, 4.69) is 10.3 Å². The summed E-state index contributed by atoms with van der Waals surface area (Å²) in [5.74, 6) is 0.234. The summed E-state index contributed by atoms with van der Waals surface area (Å²) < 4.78 is 5.26. The lowest BCUT2D eigenvalue weighted by Gasteiger charge is -2.24. The molecule has 1 aromatic carbocycles. The molecule has 2 amide bonds. The van der Waals surface area contributed by atoms with Crippen molar-refractivity contribution in [3.05, 3.63) is 29.8 Å². The number of benzene rings is 1. The van der Waals surface area contributed by atoms with E-state index in [9.17, 15) is 9.59 Å². The van der Waals surface area contributed by atoms with E-state index in [1.807, 2.05) is 24.3 Å². The van der Waals surface area contributed by atoms with Crippen molar-refractivity contribution in [1.29, 1.82) is 0 Å². The normalized spacial score (nSPS) is 14.4. The molecule has 1 fully saturated rings. The van der Waals surface area contributed by atoms with E-state index in [0.29, 0.717) is 0 Å². The molecule has 0 bridgehead atoms. The topological polar surface area (TPSA) is 80.2 Å². The number of aliphatic imine (C=N–C) groups is 1. The van der Waals surface area contributed by atoms with Crippen LogP contribution in [-0.2, 0) is 21.0 Å². The quantitative estimate of drug-likeness (QED) is 0.486. The number of ether oxygens (including phenoxy) is 1. The molecule has 7 heteroatoms. The second kappa shape index (κ2) is 8.11. The number of hydrogen-bond acceptors (Lipinski definition) is 5. The lowest BCUT2D eigenvalue weighted by molar-refractivity contribution is -0.117. The summed E-state index contributed by atoms with van der Waals surface area (Å²) in [6.07, 6.45) is 2.57. The molecule has 1 N–H and O–H groups in total. The molecule has 25 heavy (non-hydrogen) atoms. The fraction of sp³-hybridized carbons (Fsp3) is 0.500. The van der Waals surface area contributed by atoms with Gasteiger partial charge >= 0.3 is 6.09 Å².